The second kappa shape index (κ2) is 11.6. The minimum atomic E-state index is -0.788. The van der Waals surface area contributed by atoms with Crippen LogP contribution in [0.5, 0.6) is 11.5 Å². The summed E-state index contributed by atoms with van der Waals surface area (Å²) in [6.07, 6.45) is 2.19. The van der Waals surface area contributed by atoms with Crippen LogP contribution < -0.4 is 4.74 Å². The van der Waals surface area contributed by atoms with Crippen molar-refractivity contribution in [1.29, 1.82) is 0 Å². The van der Waals surface area contributed by atoms with E-state index in [9.17, 15) is 14.7 Å². The van der Waals surface area contributed by atoms with Crippen molar-refractivity contribution < 1.29 is 29.3 Å². The smallest absolute Gasteiger partial charge is 0.303 e. The fourth-order valence-electron chi connectivity index (χ4n) is 2.94. The molecule has 1 aliphatic rings. The number of hydrogen-bond acceptors (Lipinski definition) is 7. The van der Waals surface area contributed by atoms with Gasteiger partial charge in [0.25, 0.3) is 0 Å². The van der Waals surface area contributed by atoms with Gasteiger partial charge in [0.2, 0.25) is 0 Å². The Morgan fingerprint density at radius 2 is 2.18 bits per heavy atom. The van der Waals surface area contributed by atoms with Gasteiger partial charge in [0.1, 0.15) is 16.9 Å². The standard InChI is InChI=1S/C20H28O6S2/c1-3-4-16-17(6-5-15(13(2)21)20(16)24)25-9-10-27-12-14-11-26-19(28-14)8-7-18(22)23/h5-6,14,19,24H,3-4,7-12H2,1-2H3,(H,22,23). The molecule has 8 heteroatoms. The zero-order chi connectivity index (χ0) is 20.5. The first kappa shape index (κ1) is 22.9. The molecule has 0 amide bonds. The molecule has 1 saturated heterocycles. The van der Waals surface area contributed by atoms with E-state index in [-0.39, 0.29) is 23.4 Å². The number of rotatable bonds is 12. The highest BCUT2D eigenvalue weighted by Crippen LogP contribution is 2.34. The Hall–Kier alpha value is -1.38. The van der Waals surface area contributed by atoms with E-state index in [1.165, 1.54) is 6.92 Å². The third-order valence-electron chi connectivity index (χ3n) is 4.31. The molecule has 2 unspecified atom stereocenters. The number of carboxylic acid groups (broad SMARTS) is 1. The molecule has 0 saturated carbocycles. The molecule has 1 aliphatic heterocycles. The summed E-state index contributed by atoms with van der Waals surface area (Å²) in [5.41, 5.74) is 1.01. The van der Waals surface area contributed by atoms with Crippen molar-refractivity contribution in [1.82, 2.24) is 0 Å². The number of Topliss-reactive ketones (excluding diaryl/α,β-unsaturated/α-hetero) is 1. The maximum atomic E-state index is 11.6. The van der Waals surface area contributed by atoms with Crippen molar-refractivity contribution in [3.63, 3.8) is 0 Å². The highest BCUT2D eigenvalue weighted by molar-refractivity contribution is 8.03. The average Bonchev–Trinajstić information content (AvgIpc) is 3.10. The molecule has 28 heavy (non-hydrogen) atoms. The Bertz CT molecular complexity index is 679. The minimum absolute atomic E-state index is 0.0164. The number of ketones is 1. The van der Waals surface area contributed by atoms with Gasteiger partial charge in [-0.25, -0.2) is 0 Å². The number of hydrogen-bond donors (Lipinski definition) is 2. The van der Waals surface area contributed by atoms with Gasteiger partial charge in [0.15, 0.2) is 5.78 Å². The van der Waals surface area contributed by atoms with Gasteiger partial charge in [-0.15, -0.1) is 11.8 Å². The molecule has 6 nitrogen and oxygen atoms in total. The van der Waals surface area contributed by atoms with E-state index in [2.05, 4.69) is 0 Å². The van der Waals surface area contributed by atoms with Crippen molar-refractivity contribution in [3.05, 3.63) is 23.3 Å². The summed E-state index contributed by atoms with van der Waals surface area (Å²) in [6.45, 7) is 4.63. The summed E-state index contributed by atoms with van der Waals surface area (Å²) in [5.74, 6) is 1.45. The largest absolute Gasteiger partial charge is 0.507 e. The molecule has 0 aliphatic carbocycles. The van der Waals surface area contributed by atoms with Crippen LogP contribution in [0.1, 0.15) is 49.0 Å². The number of ether oxygens (including phenoxy) is 2. The number of carbonyl (C=O) groups is 2. The number of aliphatic carboxylic acids is 1. The van der Waals surface area contributed by atoms with Crippen LogP contribution in [0, 0.1) is 0 Å². The lowest BCUT2D eigenvalue weighted by atomic mass is 10.0. The first-order chi connectivity index (χ1) is 13.4. The lowest BCUT2D eigenvalue weighted by Crippen LogP contribution is -2.09. The van der Waals surface area contributed by atoms with Crippen LogP contribution in [0.3, 0.4) is 0 Å². The van der Waals surface area contributed by atoms with Gasteiger partial charge < -0.3 is 19.7 Å². The first-order valence-corrected chi connectivity index (χ1v) is 11.6. The number of phenols is 1. The van der Waals surface area contributed by atoms with Crippen LogP contribution >= 0.6 is 23.5 Å². The van der Waals surface area contributed by atoms with Gasteiger partial charge in [-0.3, -0.25) is 9.59 Å². The topological polar surface area (TPSA) is 93.1 Å². The summed E-state index contributed by atoms with van der Waals surface area (Å²) in [4.78, 5) is 22.2. The molecule has 0 spiro atoms. The molecule has 2 N–H and O–H groups in total. The van der Waals surface area contributed by atoms with E-state index < -0.39 is 5.97 Å². The Morgan fingerprint density at radius 1 is 1.39 bits per heavy atom. The van der Waals surface area contributed by atoms with E-state index in [1.54, 1.807) is 35.7 Å². The summed E-state index contributed by atoms with van der Waals surface area (Å²) >= 11 is 3.48. The molecule has 156 valence electrons. The summed E-state index contributed by atoms with van der Waals surface area (Å²) < 4.78 is 11.5. The van der Waals surface area contributed by atoms with Crippen molar-refractivity contribution in [3.8, 4) is 11.5 Å². The SMILES string of the molecule is CCCc1c(OCCSCC2COC(CCC(=O)O)S2)ccc(C(C)=O)c1O. The molecule has 1 aromatic rings. The molecular formula is C20H28O6S2. The second-order valence-electron chi connectivity index (χ2n) is 6.62. The van der Waals surface area contributed by atoms with Gasteiger partial charge in [0.05, 0.1) is 18.8 Å². The van der Waals surface area contributed by atoms with E-state index in [0.717, 1.165) is 17.9 Å². The molecule has 0 radical (unpaired) electrons. The van der Waals surface area contributed by atoms with Crippen LogP contribution in [-0.2, 0) is 16.0 Å². The third-order valence-corrected chi connectivity index (χ3v) is 6.98. The Labute approximate surface area is 174 Å². The third kappa shape index (κ3) is 6.90. The highest BCUT2D eigenvalue weighted by atomic mass is 32.2. The van der Waals surface area contributed by atoms with Gasteiger partial charge in [0, 0.05) is 28.7 Å². The highest BCUT2D eigenvalue weighted by Gasteiger charge is 2.26. The molecule has 1 aromatic carbocycles. The normalized spacial score (nSPS) is 18.9. The Morgan fingerprint density at radius 3 is 2.86 bits per heavy atom. The Kier molecular flexibility index (Phi) is 9.47. The van der Waals surface area contributed by atoms with E-state index >= 15 is 0 Å². The lowest BCUT2D eigenvalue weighted by Gasteiger charge is -2.15. The van der Waals surface area contributed by atoms with Crippen molar-refractivity contribution in [2.75, 3.05) is 24.7 Å². The van der Waals surface area contributed by atoms with Crippen LogP contribution in [0.2, 0.25) is 0 Å². The summed E-state index contributed by atoms with van der Waals surface area (Å²) in [5, 5.41) is 19.5. The monoisotopic (exact) mass is 428 g/mol. The molecular weight excluding hydrogens is 400 g/mol. The maximum absolute atomic E-state index is 11.6. The van der Waals surface area contributed by atoms with Crippen molar-refractivity contribution >= 4 is 35.3 Å². The van der Waals surface area contributed by atoms with Crippen LogP contribution in [-0.4, -0.2) is 57.4 Å². The van der Waals surface area contributed by atoms with Crippen LogP contribution in [0.4, 0.5) is 0 Å². The van der Waals surface area contributed by atoms with Gasteiger partial charge in [-0.05, 0) is 31.9 Å². The zero-order valence-corrected chi connectivity index (χ0v) is 17.9. The summed E-state index contributed by atoms with van der Waals surface area (Å²) in [6, 6.07) is 3.38. The van der Waals surface area contributed by atoms with Gasteiger partial charge in [-0.1, -0.05) is 13.3 Å². The van der Waals surface area contributed by atoms with Gasteiger partial charge >= 0.3 is 5.97 Å². The second-order valence-corrected chi connectivity index (χ2v) is 9.24. The maximum Gasteiger partial charge on any atom is 0.303 e. The molecule has 1 fully saturated rings. The van der Waals surface area contributed by atoms with E-state index in [1.807, 2.05) is 6.92 Å². The fraction of sp³-hybridized carbons (Fsp3) is 0.600. The van der Waals surface area contributed by atoms with Crippen LogP contribution in [0.15, 0.2) is 12.1 Å². The van der Waals surface area contributed by atoms with Crippen LogP contribution in [0.25, 0.3) is 0 Å². The average molecular weight is 429 g/mol. The lowest BCUT2D eigenvalue weighted by molar-refractivity contribution is -0.137. The minimum Gasteiger partial charge on any atom is -0.507 e. The summed E-state index contributed by atoms with van der Waals surface area (Å²) in [7, 11) is 0. The number of phenolic OH excluding ortho intramolecular Hbond substituents is 1. The van der Waals surface area contributed by atoms with E-state index in [4.69, 9.17) is 14.6 Å². The zero-order valence-electron chi connectivity index (χ0n) is 16.3. The van der Waals surface area contributed by atoms with Gasteiger partial charge in [-0.2, -0.15) is 11.8 Å². The fourth-order valence-corrected chi connectivity index (χ4v) is 5.27. The number of thioether (sulfide) groups is 2. The number of carbonyl (C=O) groups excluding carboxylic acids is 1. The quantitative estimate of drug-likeness (QED) is 0.381. The van der Waals surface area contributed by atoms with E-state index in [0.29, 0.717) is 48.2 Å². The number of benzene rings is 1. The van der Waals surface area contributed by atoms with Crippen molar-refractivity contribution in [2.24, 2.45) is 0 Å². The molecule has 2 atom stereocenters. The predicted molar refractivity (Wildman–Crippen MR) is 113 cm³/mol. The number of aromatic hydroxyl groups is 1. The molecule has 2 rings (SSSR count). The number of carboxylic acids is 1. The molecule has 1 heterocycles. The predicted octanol–water partition coefficient (Wildman–Crippen LogP) is 3.98. The molecule has 0 bridgehead atoms. The molecule has 0 aromatic heterocycles. The first-order valence-electron chi connectivity index (χ1n) is 9.47. The van der Waals surface area contributed by atoms with Crippen molar-refractivity contribution in [2.45, 2.75) is 50.2 Å². The Balaban J connectivity index is 1.74.